The molecule has 0 aromatic heterocycles. The predicted molar refractivity (Wildman–Crippen MR) is 139 cm³/mol. The van der Waals surface area contributed by atoms with Gasteiger partial charge in [-0.3, -0.25) is 14.5 Å². The normalized spacial score (nSPS) is 15.4. The number of halogens is 1. The molecule has 1 unspecified atom stereocenters. The molecule has 34 heavy (non-hydrogen) atoms. The Morgan fingerprint density at radius 3 is 2.68 bits per heavy atom. The molecule has 7 heteroatoms. The lowest BCUT2D eigenvalue weighted by Crippen LogP contribution is -2.28. The molecular formula is C27H27ClN2O3S. The SMILES string of the molecule is COc1ccccc1N1C(=O)CSC1c1cccc(C(=O)NCCCCc2ccc(Cl)cc2)c1. The van der Waals surface area contributed by atoms with Gasteiger partial charge in [-0.1, -0.05) is 48.0 Å². The van der Waals surface area contributed by atoms with Crippen LogP contribution in [0.15, 0.2) is 72.8 Å². The summed E-state index contributed by atoms with van der Waals surface area (Å²) in [4.78, 5) is 27.3. The van der Waals surface area contributed by atoms with E-state index in [1.54, 1.807) is 29.8 Å². The van der Waals surface area contributed by atoms with E-state index in [0.717, 1.165) is 35.5 Å². The number of benzene rings is 3. The number of nitrogens with one attached hydrogen (secondary N) is 1. The van der Waals surface area contributed by atoms with Crippen LogP contribution in [-0.4, -0.2) is 31.2 Å². The molecule has 0 saturated carbocycles. The van der Waals surface area contributed by atoms with Gasteiger partial charge >= 0.3 is 0 Å². The van der Waals surface area contributed by atoms with Crippen LogP contribution in [0.5, 0.6) is 5.75 Å². The molecule has 0 aliphatic carbocycles. The molecule has 2 amide bonds. The minimum Gasteiger partial charge on any atom is -0.495 e. The second-order valence-electron chi connectivity index (χ2n) is 8.06. The van der Waals surface area contributed by atoms with Gasteiger partial charge in [-0.15, -0.1) is 11.8 Å². The van der Waals surface area contributed by atoms with Gasteiger partial charge in [0.15, 0.2) is 0 Å². The van der Waals surface area contributed by atoms with E-state index in [2.05, 4.69) is 5.32 Å². The van der Waals surface area contributed by atoms with Crippen LogP contribution in [-0.2, 0) is 11.2 Å². The highest BCUT2D eigenvalue weighted by Crippen LogP contribution is 2.44. The maximum absolute atomic E-state index is 12.8. The van der Waals surface area contributed by atoms with E-state index >= 15 is 0 Å². The summed E-state index contributed by atoms with van der Waals surface area (Å²) in [7, 11) is 1.60. The zero-order valence-corrected chi connectivity index (χ0v) is 20.6. The lowest BCUT2D eigenvalue weighted by molar-refractivity contribution is -0.115. The first-order chi connectivity index (χ1) is 16.6. The molecule has 4 rings (SSSR count). The molecule has 0 spiro atoms. The van der Waals surface area contributed by atoms with Crippen LogP contribution in [0.2, 0.25) is 5.02 Å². The Bertz CT molecular complexity index is 1150. The third-order valence-corrected chi connectivity index (χ3v) is 7.20. The molecule has 0 bridgehead atoms. The Labute approximate surface area is 209 Å². The van der Waals surface area contributed by atoms with Crippen LogP contribution in [0.3, 0.4) is 0 Å². The van der Waals surface area contributed by atoms with Gasteiger partial charge < -0.3 is 10.1 Å². The molecular weight excluding hydrogens is 468 g/mol. The highest BCUT2D eigenvalue weighted by molar-refractivity contribution is 8.00. The second-order valence-corrected chi connectivity index (χ2v) is 9.57. The lowest BCUT2D eigenvalue weighted by Gasteiger charge is -2.26. The number of carbonyl (C=O) groups excluding carboxylic acids is 2. The number of anilines is 1. The number of nitrogens with zero attached hydrogens (tertiary/aromatic N) is 1. The quantitative estimate of drug-likeness (QED) is 0.377. The van der Waals surface area contributed by atoms with Gasteiger partial charge in [0.25, 0.3) is 5.91 Å². The van der Waals surface area contributed by atoms with Gasteiger partial charge in [0.1, 0.15) is 11.1 Å². The van der Waals surface area contributed by atoms with Crippen LogP contribution in [0, 0.1) is 0 Å². The van der Waals surface area contributed by atoms with E-state index in [1.165, 1.54) is 5.56 Å². The van der Waals surface area contributed by atoms with Crippen molar-refractivity contribution in [3.05, 3.63) is 94.5 Å². The number of hydrogen-bond acceptors (Lipinski definition) is 4. The first-order valence-corrected chi connectivity index (χ1v) is 12.7. The largest absolute Gasteiger partial charge is 0.495 e. The van der Waals surface area contributed by atoms with Gasteiger partial charge in [-0.2, -0.15) is 0 Å². The van der Waals surface area contributed by atoms with Crippen molar-refractivity contribution >= 4 is 40.9 Å². The molecule has 1 atom stereocenters. The number of rotatable bonds is 9. The molecule has 3 aromatic carbocycles. The Hall–Kier alpha value is -2.96. The Balaban J connectivity index is 1.37. The third-order valence-electron chi connectivity index (χ3n) is 5.74. The summed E-state index contributed by atoms with van der Waals surface area (Å²) in [5.74, 6) is 0.949. The van der Waals surface area contributed by atoms with Crippen molar-refractivity contribution in [1.29, 1.82) is 0 Å². The Morgan fingerprint density at radius 1 is 1.09 bits per heavy atom. The van der Waals surface area contributed by atoms with E-state index in [0.29, 0.717) is 23.6 Å². The smallest absolute Gasteiger partial charge is 0.251 e. The van der Waals surface area contributed by atoms with Gasteiger partial charge in [-0.05, 0) is 66.8 Å². The molecule has 1 saturated heterocycles. The zero-order valence-electron chi connectivity index (χ0n) is 19.0. The molecule has 5 nitrogen and oxygen atoms in total. The van der Waals surface area contributed by atoms with Crippen molar-refractivity contribution in [2.24, 2.45) is 0 Å². The van der Waals surface area contributed by atoms with Crippen LogP contribution in [0.1, 0.15) is 39.7 Å². The fourth-order valence-electron chi connectivity index (χ4n) is 4.00. The van der Waals surface area contributed by atoms with Crippen molar-refractivity contribution in [2.75, 3.05) is 24.3 Å². The Kier molecular flexibility index (Phi) is 8.14. The molecule has 3 aromatic rings. The van der Waals surface area contributed by atoms with Gasteiger partial charge in [0.05, 0.1) is 18.6 Å². The number of carbonyl (C=O) groups is 2. The Morgan fingerprint density at radius 2 is 1.88 bits per heavy atom. The van der Waals surface area contributed by atoms with E-state index in [1.807, 2.05) is 66.7 Å². The lowest BCUT2D eigenvalue weighted by atomic mass is 10.1. The summed E-state index contributed by atoms with van der Waals surface area (Å²) in [6, 6.07) is 22.9. The average molecular weight is 495 g/mol. The first kappa shape index (κ1) is 24.2. The van der Waals surface area contributed by atoms with E-state index in [9.17, 15) is 9.59 Å². The summed E-state index contributed by atoms with van der Waals surface area (Å²) in [5, 5.41) is 3.54. The van der Waals surface area contributed by atoms with Gasteiger partial charge in [0.2, 0.25) is 5.91 Å². The fourth-order valence-corrected chi connectivity index (χ4v) is 5.29. The van der Waals surface area contributed by atoms with Crippen LogP contribution in [0.25, 0.3) is 0 Å². The maximum Gasteiger partial charge on any atom is 0.251 e. The number of hydrogen-bond donors (Lipinski definition) is 1. The van der Waals surface area contributed by atoms with E-state index in [4.69, 9.17) is 16.3 Å². The summed E-state index contributed by atoms with van der Waals surface area (Å²) in [6.45, 7) is 0.612. The molecule has 1 fully saturated rings. The average Bonchev–Trinajstić information content (AvgIpc) is 3.26. The molecule has 1 aliphatic heterocycles. The highest BCUT2D eigenvalue weighted by atomic mass is 35.5. The maximum atomic E-state index is 12.8. The van der Waals surface area contributed by atoms with Crippen LogP contribution in [0.4, 0.5) is 5.69 Å². The molecule has 1 N–H and O–H groups in total. The third kappa shape index (κ3) is 5.75. The predicted octanol–water partition coefficient (Wildman–Crippen LogP) is 5.88. The summed E-state index contributed by atoms with van der Waals surface area (Å²) in [5.41, 5.74) is 3.49. The summed E-state index contributed by atoms with van der Waals surface area (Å²) >= 11 is 7.48. The fraction of sp³-hybridized carbons (Fsp3) is 0.259. The van der Waals surface area contributed by atoms with E-state index < -0.39 is 0 Å². The monoisotopic (exact) mass is 494 g/mol. The summed E-state index contributed by atoms with van der Waals surface area (Å²) in [6.07, 6.45) is 2.83. The molecule has 1 aliphatic rings. The van der Waals surface area contributed by atoms with Crippen LogP contribution < -0.4 is 15.0 Å². The zero-order chi connectivity index (χ0) is 23.9. The van der Waals surface area contributed by atoms with Crippen LogP contribution >= 0.6 is 23.4 Å². The number of amides is 2. The summed E-state index contributed by atoms with van der Waals surface area (Å²) < 4.78 is 5.48. The number of ether oxygens (including phenoxy) is 1. The second kappa shape index (κ2) is 11.4. The number of unbranched alkanes of at least 4 members (excludes halogenated alkanes) is 1. The van der Waals surface area contributed by atoms with Crippen molar-refractivity contribution < 1.29 is 14.3 Å². The standard InChI is InChI=1S/C27H27ClN2O3S/c1-33-24-11-3-2-10-23(24)30-25(31)18-34-27(30)21-9-6-8-20(17-21)26(32)29-16-5-4-7-19-12-14-22(28)15-13-19/h2-3,6,8-15,17,27H,4-5,7,16,18H2,1H3,(H,29,32). The van der Waals surface area contributed by atoms with Crippen molar-refractivity contribution in [1.82, 2.24) is 5.32 Å². The molecule has 0 radical (unpaired) electrons. The number of methoxy groups -OCH3 is 1. The number of thioether (sulfide) groups is 1. The van der Waals surface area contributed by atoms with Gasteiger partial charge in [-0.25, -0.2) is 0 Å². The molecule has 1 heterocycles. The van der Waals surface area contributed by atoms with Gasteiger partial charge in [0, 0.05) is 17.1 Å². The van der Waals surface area contributed by atoms with E-state index in [-0.39, 0.29) is 17.2 Å². The van der Waals surface area contributed by atoms with Crippen molar-refractivity contribution in [3.63, 3.8) is 0 Å². The first-order valence-electron chi connectivity index (χ1n) is 11.3. The minimum absolute atomic E-state index is 0.0232. The topological polar surface area (TPSA) is 58.6 Å². The number of aryl methyl sites for hydroxylation is 1. The number of para-hydroxylation sites is 2. The van der Waals surface area contributed by atoms with Crippen molar-refractivity contribution in [3.8, 4) is 5.75 Å². The highest BCUT2D eigenvalue weighted by Gasteiger charge is 2.35. The minimum atomic E-state index is -0.212. The molecule has 176 valence electrons. The van der Waals surface area contributed by atoms with Crippen molar-refractivity contribution in [2.45, 2.75) is 24.6 Å².